The average Bonchev–Trinajstić information content (AvgIpc) is 2.28. The summed E-state index contributed by atoms with van der Waals surface area (Å²) in [7, 11) is -1.99. The smallest absolute Gasteiger partial charge is 0.282 e. The highest BCUT2D eigenvalue weighted by molar-refractivity contribution is 7.86. The molecule has 1 saturated heterocycles. The van der Waals surface area contributed by atoms with E-state index >= 15 is 0 Å². The molecule has 0 aliphatic carbocycles. The average molecular weight is 248 g/mol. The highest BCUT2D eigenvalue weighted by Crippen LogP contribution is 2.16. The van der Waals surface area contributed by atoms with E-state index in [1.165, 1.54) is 15.7 Å². The molecule has 0 aromatic rings. The highest BCUT2D eigenvalue weighted by atomic mass is 32.2. The lowest BCUT2D eigenvalue weighted by Crippen LogP contribution is -2.50. The van der Waals surface area contributed by atoms with Gasteiger partial charge >= 0.3 is 0 Å². The molecule has 0 saturated carbocycles. The summed E-state index contributed by atoms with van der Waals surface area (Å²) >= 11 is 0. The standard InChI is InChI=1S/C9H20N4O2S/c1-8(9(10)11)12(2)16(14,15)13-6-4-3-5-7-13/h8H,3-7H2,1-2H3,(H3,10,11). The van der Waals surface area contributed by atoms with Crippen molar-refractivity contribution in [2.75, 3.05) is 20.1 Å². The molecule has 1 heterocycles. The van der Waals surface area contributed by atoms with Crippen LogP contribution in [-0.2, 0) is 10.2 Å². The minimum Gasteiger partial charge on any atom is -0.386 e. The molecule has 0 bridgehead atoms. The summed E-state index contributed by atoms with van der Waals surface area (Å²) in [6.07, 6.45) is 2.89. The van der Waals surface area contributed by atoms with Crippen LogP contribution < -0.4 is 5.73 Å². The molecule has 6 nitrogen and oxygen atoms in total. The second-order valence-corrected chi connectivity index (χ2v) is 6.10. The van der Waals surface area contributed by atoms with E-state index in [4.69, 9.17) is 11.1 Å². The lowest BCUT2D eigenvalue weighted by atomic mass is 10.2. The van der Waals surface area contributed by atoms with Gasteiger partial charge in [0.05, 0.1) is 6.04 Å². The van der Waals surface area contributed by atoms with Crippen molar-refractivity contribution in [1.82, 2.24) is 8.61 Å². The van der Waals surface area contributed by atoms with Gasteiger partial charge in [-0.15, -0.1) is 0 Å². The molecule has 16 heavy (non-hydrogen) atoms. The van der Waals surface area contributed by atoms with Gasteiger partial charge in [0.15, 0.2) is 0 Å². The number of nitrogens with two attached hydrogens (primary N) is 1. The summed E-state index contributed by atoms with van der Waals surface area (Å²) < 4.78 is 26.9. The second-order valence-electron chi connectivity index (χ2n) is 4.12. The summed E-state index contributed by atoms with van der Waals surface area (Å²) in [5.74, 6) is -0.136. The lowest BCUT2D eigenvalue weighted by Gasteiger charge is -2.32. The van der Waals surface area contributed by atoms with Crippen LogP contribution >= 0.6 is 0 Å². The molecule has 0 aromatic heterocycles. The minimum absolute atomic E-state index is 0.136. The monoisotopic (exact) mass is 248 g/mol. The van der Waals surface area contributed by atoms with Crippen molar-refractivity contribution in [2.24, 2.45) is 5.73 Å². The van der Waals surface area contributed by atoms with Crippen LogP contribution in [0.1, 0.15) is 26.2 Å². The Balaban J connectivity index is 2.79. The van der Waals surface area contributed by atoms with Crippen molar-refractivity contribution in [1.29, 1.82) is 5.41 Å². The molecule has 1 atom stereocenters. The number of nitrogens with one attached hydrogen (secondary N) is 1. The van der Waals surface area contributed by atoms with E-state index in [1.54, 1.807) is 6.92 Å². The molecule has 1 unspecified atom stereocenters. The molecular formula is C9H20N4O2S. The number of hydrogen-bond donors (Lipinski definition) is 2. The highest BCUT2D eigenvalue weighted by Gasteiger charge is 2.31. The van der Waals surface area contributed by atoms with Crippen LogP contribution in [0.4, 0.5) is 0 Å². The molecule has 0 amide bonds. The third-order valence-corrected chi connectivity index (χ3v) is 5.06. The molecular weight excluding hydrogens is 228 g/mol. The van der Waals surface area contributed by atoms with E-state index < -0.39 is 16.3 Å². The first-order valence-corrected chi connectivity index (χ1v) is 6.84. The Morgan fingerprint density at radius 1 is 1.38 bits per heavy atom. The normalized spacial score (nSPS) is 20.9. The Bertz CT molecular complexity index is 349. The topological polar surface area (TPSA) is 90.5 Å². The fourth-order valence-electron chi connectivity index (χ4n) is 1.67. The molecule has 1 aliphatic heterocycles. The number of piperidine rings is 1. The van der Waals surface area contributed by atoms with Crippen molar-refractivity contribution >= 4 is 16.0 Å². The second kappa shape index (κ2) is 5.11. The zero-order valence-electron chi connectivity index (χ0n) is 9.81. The number of hydrogen-bond acceptors (Lipinski definition) is 3. The summed E-state index contributed by atoms with van der Waals surface area (Å²) in [5.41, 5.74) is 5.32. The van der Waals surface area contributed by atoms with Gasteiger partial charge in [-0.25, -0.2) is 0 Å². The van der Waals surface area contributed by atoms with Crippen LogP contribution in [0.2, 0.25) is 0 Å². The number of amidine groups is 1. The Morgan fingerprint density at radius 2 is 1.88 bits per heavy atom. The van der Waals surface area contributed by atoms with Crippen LogP contribution in [0.25, 0.3) is 0 Å². The summed E-state index contributed by atoms with van der Waals surface area (Å²) in [4.78, 5) is 0. The van der Waals surface area contributed by atoms with E-state index in [0.29, 0.717) is 13.1 Å². The Kier molecular flexibility index (Phi) is 4.28. The van der Waals surface area contributed by atoms with Gasteiger partial charge < -0.3 is 5.73 Å². The van der Waals surface area contributed by atoms with E-state index in [0.717, 1.165) is 19.3 Å². The van der Waals surface area contributed by atoms with E-state index in [-0.39, 0.29) is 5.84 Å². The van der Waals surface area contributed by atoms with Crippen molar-refractivity contribution in [3.63, 3.8) is 0 Å². The summed E-state index contributed by atoms with van der Waals surface area (Å²) in [5, 5.41) is 7.28. The van der Waals surface area contributed by atoms with Crippen molar-refractivity contribution in [3.8, 4) is 0 Å². The molecule has 0 aromatic carbocycles. The fourth-order valence-corrected chi connectivity index (χ4v) is 3.27. The van der Waals surface area contributed by atoms with Gasteiger partial charge in [0, 0.05) is 20.1 Å². The maximum atomic E-state index is 12.1. The molecule has 0 radical (unpaired) electrons. The molecule has 1 rings (SSSR count). The predicted molar refractivity (Wildman–Crippen MR) is 63.5 cm³/mol. The van der Waals surface area contributed by atoms with Gasteiger partial charge in [-0.1, -0.05) is 6.42 Å². The third kappa shape index (κ3) is 2.72. The van der Waals surface area contributed by atoms with Gasteiger partial charge in [-0.2, -0.15) is 17.0 Å². The Labute approximate surface area is 97.1 Å². The van der Waals surface area contributed by atoms with Crippen LogP contribution in [0.15, 0.2) is 0 Å². The maximum absolute atomic E-state index is 12.1. The van der Waals surface area contributed by atoms with Gasteiger partial charge in [0.1, 0.15) is 5.84 Å². The molecule has 1 aliphatic rings. The fraction of sp³-hybridized carbons (Fsp3) is 0.889. The Morgan fingerprint density at radius 3 is 2.31 bits per heavy atom. The van der Waals surface area contributed by atoms with Gasteiger partial charge in [-0.05, 0) is 19.8 Å². The van der Waals surface area contributed by atoms with Crippen LogP contribution in [-0.4, -0.2) is 49.0 Å². The van der Waals surface area contributed by atoms with Gasteiger partial charge in [0.2, 0.25) is 0 Å². The first-order chi connectivity index (χ1) is 7.37. The quantitative estimate of drug-likeness (QED) is 0.541. The summed E-state index contributed by atoms with van der Waals surface area (Å²) in [6.45, 7) is 2.75. The largest absolute Gasteiger partial charge is 0.386 e. The lowest BCUT2D eigenvalue weighted by molar-refractivity contribution is 0.310. The molecule has 0 spiro atoms. The third-order valence-electron chi connectivity index (χ3n) is 3.00. The number of rotatable bonds is 4. The van der Waals surface area contributed by atoms with Crippen molar-refractivity contribution in [3.05, 3.63) is 0 Å². The van der Waals surface area contributed by atoms with Crippen molar-refractivity contribution < 1.29 is 8.42 Å². The molecule has 94 valence electrons. The maximum Gasteiger partial charge on any atom is 0.282 e. The first kappa shape index (κ1) is 13.4. The predicted octanol–water partition coefficient (Wildman–Crippen LogP) is -0.0266. The van der Waals surface area contributed by atoms with E-state index in [2.05, 4.69) is 0 Å². The zero-order chi connectivity index (χ0) is 12.3. The van der Waals surface area contributed by atoms with Gasteiger partial charge in [-0.3, -0.25) is 5.41 Å². The Hall–Kier alpha value is -0.660. The minimum atomic E-state index is -3.46. The van der Waals surface area contributed by atoms with Gasteiger partial charge in [0.25, 0.3) is 10.2 Å². The molecule has 7 heteroatoms. The van der Waals surface area contributed by atoms with Crippen LogP contribution in [0.3, 0.4) is 0 Å². The van der Waals surface area contributed by atoms with Crippen LogP contribution in [0.5, 0.6) is 0 Å². The number of likely N-dealkylation sites (N-methyl/N-ethyl adjacent to an activating group) is 1. The van der Waals surface area contributed by atoms with Crippen molar-refractivity contribution in [2.45, 2.75) is 32.2 Å². The molecule has 3 N–H and O–H groups in total. The van der Waals surface area contributed by atoms with E-state index in [1.807, 2.05) is 0 Å². The summed E-state index contributed by atoms with van der Waals surface area (Å²) in [6, 6.07) is -0.591. The first-order valence-electron chi connectivity index (χ1n) is 5.44. The van der Waals surface area contributed by atoms with E-state index in [9.17, 15) is 8.42 Å². The molecule has 1 fully saturated rings. The van der Waals surface area contributed by atoms with Crippen LogP contribution in [0, 0.1) is 5.41 Å². The zero-order valence-corrected chi connectivity index (χ0v) is 10.6. The number of nitrogens with zero attached hydrogens (tertiary/aromatic N) is 2. The SMILES string of the molecule is CC(C(=N)N)N(C)S(=O)(=O)N1CCCCC1.